The molecule has 0 fully saturated rings. The van der Waals surface area contributed by atoms with Crippen molar-refractivity contribution in [3.63, 3.8) is 0 Å². The van der Waals surface area contributed by atoms with E-state index in [-0.39, 0.29) is 0 Å². The first-order valence-corrected chi connectivity index (χ1v) is 5.72. The van der Waals surface area contributed by atoms with Gasteiger partial charge in [0.25, 0.3) is 0 Å². The first-order valence-electron chi connectivity index (χ1n) is 5.72. The molecule has 0 heterocycles. The highest BCUT2D eigenvalue weighted by molar-refractivity contribution is 5.38. The zero-order chi connectivity index (χ0) is 9.68. The van der Waals surface area contributed by atoms with Crippen molar-refractivity contribution in [1.82, 2.24) is 0 Å². The van der Waals surface area contributed by atoms with Crippen molar-refractivity contribution in [2.75, 3.05) is 0 Å². The summed E-state index contributed by atoms with van der Waals surface area (Å²) in [5.41, 5.74) is 5.02. The van der Waals surface area contributed by atoms with Gasteiger partial charge in [-0.25, -0.2) is 0 Å². The van der Waals surface area contributed by atoms with Gasteiger partial charge < -0.3 is 0 Å². The smallest absolute Gasteiger partial charge is 0.00995 e. The summed E-state index contributed by atoms with van der Waals surface area (Å²) >= 11 is 0. The van der Waals surface area contributed by atoms with Crippen molar-refractivity contribution >= 4 is 0 Å². The van der Waals surface area contributed by atoms with E-state index in [9.17, 15) is 0 Å². The van der Waals surface area contributed by atoms with Crippen LogP contribution >= 0.6 is 0 Å². The molecule has 0 heteroatoms. The zero-order valence-corrected chi connectivity index (χ0v) is 9.32. The summed E-state index contributed by atoms with van der Waals surface area (Å²) in [5, 5.41) is 0. The number of hydrogen-bond acceptors (Lipinski definition) is 0. The van der Waals surface area contributed by atoms with E-state index in [0.717, 1.165) is 0 Å². The maximum atomic E-state index is 2.46. The molecule has 0 amide bonds. The molecule has 0 saturated heterocycles. The zero-order valence-electron chi connectivity index (χ0n) is 9.32. The Morgan fingerprint density at radius 3 is 2.31 bits per heavy atom. The van der Waals surface area contributed by atoms with Crippen LogP contribution in [0, 0.1) is 0 Å². The van der Waals surface area contributed by atoms with Gasteiger partial charge >= 0.3 is 0 Å². The summed E-state index contributed by atoms with van der Waals surface area (Å²) in [6.45, 7) is 6.82. The third kappa shape index (κ3) is 2.72. The topological polar surface area (TPSA) is 0 Å². The average Bonchev–Trinajstić information content (AvgIpc) is 2.49. The fraction of sp³-hybridized carbons (Fsp3) is 0.692. The second-order valence-electron chi connectivity index (χ2n) is 3.96. The van der Waals surface area contributed by atoms with E-state index in [1.54, 1.807) is 16.7 Å². The fourth-order valence-electron chi connectivity index (χ4n) is 2.14. The Balaban J connectivity index is 2.59. The summed E-state index contributed by atoms with van der Waals surface area (Å²) in [6, 6.07) is 0. The van der Waals surface area contributed by atoms with Gasteiger partial charge in [0.1, 0.15) is 0 Å². The Bertz CT molecular complexity index is 218. The SMILES string of the molecule is CCCC1=CC(CCC)=C(CC)C1. The molecule has 0 nitrogen and oxygen atoms in total. The Morgan fingerprint density at radius 1 is 1.08 bits per heavy atom. The normalized spacial score (nSPS) is 16.7. The van der Waals surface area contributed by atoms with E-state index in [4.69, 9.17) is 0 Å². The van der Waals surface area contributed by atoms with Crippen LogP contribution in [0.3, 0.4) is 0 Å². The molecular formula is C13H22. The van der Waals surface area contributed by atoms with Gasteiger partial charge in [-0.3, -0.25) is 0 Å². The first kappa shape index (κ1) is 10.6. The molecule has 0 aromatic heterocycles. The standard InChI is InChI=1S/C13H22/c1-4-7-11-9-12(6-3)13(10-11)8-5-2/h10H,4-9H2,1-3H3. The predicted molar refractivity (Wildman–Crippen MR) is 59.8 cm³/mol. The van der Waals surface area contributed by atoms with Gasteiger partial charge in [-0.1, -0.05) is 50.8 Å². The monoisotopic (exact) mass is 178 g/mol. The molecule has 1 rings (SSSR count). The maximum Gasteiger partial charge on any atom is -0.00995 e. The first-order chi connectivity index (χ1) is 6.31. The molecule has 74 valence electrons. The summed E-state index contributed by atoms with van der Waals surface area (Å²) < 4.78 is 0. The van der Waals surface area contributed by atoms with E-state index in [1.165, 1.54) is 38.5 Å². The van der Waals surface area contributed by atoms with Gasteiger partial charge in [-0.15, -0.1) is 0 Å². The van der Waals surface area contributed by atoms with Crippen molar-refractivity contribution in [2.45, 2.75) is 59.3 Å². The molecule has 0 aromatic carbocycles. The Labute approximate surface area is 82.7 Å². The average molecular weight is 178 g/mol. The lowest BCUT2D eigenvalue weighted by molar-refractivity contribution is 0.859. The molecule has 0 aliphatic heterocycles. The molecule has 0 atom stereocenters. The lowest BCUT2D eigenvalue weighted by atomic mass is 10.0. The van der Waals surface area contributed by atoms with Crippen LogP contribution in [-0.2, 0) is 0 Å². The van der Waals surface area contributed by atoms with Crippen molar-refractivity contribution < 1.29 is 0 Å². The van der Waals surface area contributed by atoms with Gasteiger partial charge in [0.2, 0.25) is 0 Å². The summed E-state index contributed by atoms with van der Waals surface area (Å²) in [7, 11) is 0. The molecule has 0 bridgehead atoms. The largest absolute Gasteiger partial charge is 0.0659 e. The minimum absolute atomic E-state index is 1.25. The highest BCUT2D eigenvalue weighted by Crippen LogP contribution is 2.32. The molecule has 0 radical (unpaired) electrons. The van der Waals surface area contributed by atoms with Crippen molar-refractivity contribution in [1.29, 1.82) is 0 Å². The molecule has 0 aromatic rings. The summed E-state index contributed by atoms with van der Waals surface area (Å²) in [6.07, 6.45) is 10.2. The van der Waals surface area contributed by atoms with E-state index in [2.05, 4.69) is 26.8 Å². The number of rotatable bonds is 5. The second kappa shape index (κ2) is 5.26. The van der Waals surface area contributed by atoms with Crippen LogP contribution < -0.4 is 0 Å². The van der Waals surface area contributed by atoms with E-state index in [0.29, 0.717) is 0 Å². The van der Waals surface area contributed by atoms with Crippen molar-refractivity contribution in [3.8, 4) is 0 Å². The Morgan fingerprint density at radius 2 is 1.77 bits per heavy atom. The van der Waals surface area contributed by atoms with Crippen LogP contribution in [-0.4, -0.2) is 0 Å². The minimum Gasteiger partial charge on any atom is -0.0659 e. The molecule has 13 heavy (non-hydrogen) atoms. The van der Waals surface area contributed by atoms with E-state index < -0.39 is 0 Å². The van der Waals surface area contributed by atoms with Crippen LogP contribution in [0.5, 0.6) is 0 Å². The van der Waals surface area contributed by atoms with Crippen LogP contribution in [0.4, 0.5) is 0 Å². The minimum atomic E-state index is 1.25. The summed E-state index contributed by atoms with van der Waals surface area (Å²) in [5.74, 6) is 0. The molecule has 0 unspecified atom stereocenters. The van der Waals surface area contributed by atoms with Crippen LogP contribution in [0.25, 0.3) is 0 Å². The fourth-order valence-corrected chi connectivity index (χ4v) is 2.14. The molecule has 0 saturated carbocycles. The van der Waals surface area contributed by atoms with Crippen molar-refractivity contribution in [2.24, 2.45) is 0 Å². The van der Waals surface area contributed by atoms with E-state index in [1.807, 2.05) is 0 Å². The lowest BCUT2D eigenvalue weighted by Gasteiger charge is -2.02. The highest BCUT2D eigenvalue weighted by Gasteiger charge is 2.12. The van der Waals surface area contributed by atoms with Crippen LogP contribution in [0.2, 0.25) is 0 Å². The number of allylic oxidation sites excluding steroid dienone is 4. The molecule has 1 aliphatic rings. The van der Waals surface area contributed by atoms with Crippen LogP contribution in [0.1, 0.15) is 59.3 Å². The lowest BCUT2D eigenvalue weighted by Crippen LogP contribution is -1.83. The van der Waals surface area contributed by atoms with Gasteiger partial charge in [0.15, 0.2) is 0 Å². The maximum absolute atomic E-state index is 2.46. The van der Waals surface area contributed by atoms with Gasteiger partial charge in [-0.05, 0) is 31.3 Å². The molecular weight excluding hydrogens is 156 g/mol. The molecule has 0 N–H and O–H groups in total. The molecule has 1 aliphatic carbocycles. The Hall–Kier alpha value is -0.520. The third-order valence-electron chi connectivity index (χ3n) is 2.79. The van der Waals surface area contributed by atoms with Gasteiger partial charge in [0.05, 0.1) is 0 Å². The number of hydrogen-bond donors (Lipinski definition) is 0. The van der Waals surface area contributed by atoms with E-state index >= 15 is 0 Å². The second-order valence-corrected chi connectivity index (χ2v) is 3.96. The molecule has 0 spiro atoms. The summed E-state index contributed by atoms with van der Waals surface area (Å²) in [4.78, 5) is 0. The third-order valence-corrected chi connectivity index (χ3v) is 2.79. The van der Waals surface area contributed by atoms with Crippen LogP contribution in [0.15, 0.2) is 22.8 Å². The van der Waals surface area contributed by atoms with Crippen molar-refractivity contribution in [3.05, 3.63) is 22.8 Å². The highest BCUT2D eigenvalue weighted by atomic mass is 14.2. The quantitative estimate of drug-likeness (QED) is 0.576. The predicted octanol–water partition coefficient (Wildman–Crippen LogP) is 4.62. The Kier molecular flexibility index (Phi) is 4.27. The van der Waals surface area contributed by atoms with Gasteiger partial charge in [-0.2, -0.15) is 0 Å². The van der Waals surface area contributed by atoms with Gasteiger partial charge in [0, 0.05) is 0 Å².